The Morgan fingerprint density at radius 2 is 1.74 bits per heavy atom. The minimum atomic E-state index is -0.790. The van der Waals surface area contributed by atoms with Crippen LogP contribution in [0.1, 0.15) is 59.8 Å². The molecule has 0 fully saturated rings. The summed E-state index contributed by atoms with van der Waals surface area (Å²) in [6.45, 7) is 11.1. The van der Waals surface area contributed by atoms with E-state index in [4.69, 9.17) is 11.5 Å². The van der Waals surface area contributed by atoms with Gasteiger partial charge in [0.2, 0.25) is 5.91 Å². The van der Waals surface area contributed by atoms with Crippen molar-refractivity contribution in [2.24, 2.45) is 11.7 Å². The zero-order valence-electron chi connectivity index (χ0n) is 20.4. The first kappa shape index (κ1) is 27.3. The summed E-state index contributed by atoms with van der Waals surface area (Å²) in [5, 5.41) is 2.98. The van der Waals surface area contributed by atoms with Crippen LogP contribution in [0.2, 0.25) is 0 Å². The zero-order valence-corrected chi connectivity index (χ0v) is 21.2. The summed E-state index contributed by atoms with van der Waals surface area (Å²) in [5.74, 6) is -1.28. The Labute approximate surface area is 205 Å². The summed E-state index contributed by atoms with van der Waals surface area (Å²) >= 11 is 0.833. The van der Waals surface area contributed by atoms with E-state index < -0.39 is 17.9 Å². The molecule has 2 aromatic rings. The monoisotopic (exact) mass is 488 g/mol. The molecule has 1 heterocycles. The molecule has 5 N–H and O–H groups in total. The molecule has 0 aliphatic carbocycles. The quantitative estimate of drug-likeness (QED) is 0.396. The molecular formula is C24H36N6O3S. The van der Waals surface area contributed by atoms with Crippen LogP contribution >= 0.6 is 11.5 Å². The average molecular weight is 489 g/mol. The fourth-order valence-corrected chi connectivity index (χ4v) is 4.43. The first-order valence-electron chi connectivity index (χ1n) is 11.6. The Morgan fingerprint density at radius 3 is 2.26 bits per heavy atom. The van der Waals surface area contributed by atoms with E-state index >= 15 is 0 Å². The number of benzene rings is 1. The third-order valence-electron chi connectivity index (χ3n) is 5.65. The van der Waals surface area contributed by atoms with Crippen LogP contribution in [0, 0.1) is 5.92 Å². The van der Waals surface area contributed by atoms with Crippen LogP contribution in [-0.4, -0.2) is 64.1 Å². The zero-order chi connectivity index (χ0) is 25.3. The normalized spacial score (nSPS) is 12.1. The summed E-state index contributed by atoms with van der Waals surface area (Å²) < 4.78 is 3.97. The van der Waals surface area contributed by atoms with Gasteiger partial charge in [-0.15, -0.1) is 0 Å². The number of primary amides is 1. The number of amides is 3. The lowest BCUT2D eigenvalue weighted by Gasteiger charge is -2.33. The van der Waals surface area contributed by atoms with Crippen molar-refractivity contribution in [2.75, 3.05) is 31.9 Å². The number of hydrogen-bond acceptors (Lipinski definition) is 7. The van der Waals surface area contributed by atoms with Gasteiger partial charge in [-0.05, 0) is 42.5 Å². The Kier molecular flexibility index (Phi) is 10.5. The first-order chi connectivity index (χ1) is 16.2. The van der Waals surface area contributed by atoms with E-state index in [2.05, 4.69) is 14.6 Å². The number of rotatable bonds is 13. The molecule has 1 aromatic carbocycles. The Balaban J connectivity index is 2.36. The number of carbonyl (C=O) groups excluding carboxylic acids is 3. The van der Waals surface area contributed by atoms with E-state index in [9.17, 15) is 14.4 Å². The van der Waals surface area contributed by atoms with E-state index in [0.29, 0.717) is 26.1 Å². The molecule has 0 radical (unpaired) electrons. The van der Waals surface area contributed by atoms with E-state index in [-0.39, 0.29) is 28.1 Å². The van der Waals surface area contributed by atoms with Crippen molar-refractivity contribution < 1.29 is 14.4 Å². The fourth-order valence-electron chi connectivity index (χ4n) is 3.67. The van der Waals surface area contributed by atoms with E-state index in [0.717, 1.165) is 30.2 Å². The SMILES string of the molecule is CCN(CC)CCN(C(=O)c1snc(C(N)=O)c1N)C(CC(C)C)C(=O)NCc1ccccc1. The highest BCUT2D eigenvalue weighted by Gasteiger charge is 2.34. The third kappa shape index (κ3) is 7.26. The highest BCUT2D eigenvalue weighted by atomic mass is 32.1. The number of nitrogens with two attached hydrogens (primary N) is 2. The van der Waals surface area contributed by atoms with Crippen molar-refractivity contribution >= 4 is 34.9 Å². The molecular weight excluding hydrogens is 452 g/mol. The molecule has 0 aliphatic heterocycles. The molecule has 9 nitrogen and oxygen atoms in total. The molecule has 3 amide bonds. The van der Waals surface area contributed by atoms with E-state index in [1.165, 1.54) is 0 Å². The highest BCUT2D eigenvalue weighted by molar-refractivity contribution is 7.09. The molecule has 10 heteroatoms. The van der Waals surface area contributed by atoms with Crippen molar-refractivity contribution in [2.45, 2.75) is 46.7 Å². The molecule has 2 rings (SSSR count). The second kappa shape index (κ2) is 13.0. The maximum absolute atomic E-state index is 13.7. The maximum Gasteiger partial charge on any atom is 0.270 e. The van der Waals surface area contributed by atoms with Crippen LogP contribution in [0.25, 0.3) is 0 Å². The summed E-state index contributed by atoms with van der Waals surface area (Å²) in [7, 11) is 0. The van der Waals surface area contributed by atoms with Crippen molar-refractivity contribution in [1.29, 1.82) is 0 Å². The van der Waals surface area contributed by atoms with Crippen LogP contribution in [0.15, 0.2) is 30.3 Å². The van der Waals surface area contributed by atoms with Gasteiger partial charge in [0.1, 0.15) is 10.9 Å². The molecule has 0 spiro atoms. The Morgan fingerprint density at radius 1 is 1.09 bits per heavy atom. The predicted molar refractivity (Wildman–Crippen MR) is 135 cm³/mol. The average Bonchev–Trinajstić information content (AvgIpc) is 3.21. The van der Waals surface area contributed by atoms with Gasteiger partial charge in [0.25, 0.3) is 11.8 Å². The Bertz CT molecular complexity index is 959. The lowest BCUT2D eigenvalue weighted by Crippen LogP contribution is -2.52. The molecule has 0 saturated carbocycles. The predicted octanol–water partition coefficient (Wildman–Crippen LogP) is 2.34. The largest absolute Gasteiger partial charge is 0.395 e. The minimum absolute atomic E-state index is 0.0386. The molecule has 34 heavy (non-hydrogen) atoms. The van der Waals surface area contributed by atoms with Crippen molar-refractivity contribution in [3.8, 4) is 0 Å². The molecule has 0 saturated heterocycles. The molecule has 1 unspecified atom stereocenters. The number of carbonyl (C=O) groups is 3. The van der Waals surface area contributed by atoms with Crippen LogP contribution in [-0.2, 0) is 11.3 Å². The van der Waals surface area contributed by atoms with Gasteiger partial charge in [-0.3, -0.25) is 14.4 Å². The topological polar surface area (TPSA) is 135 Å². The van der Waals surface area contributed by atoms with Crippen molar-refractivity contribution in [1.82, 2.24) is 19.5 Å². The third-order valence-corrected chi connectivity index (χ3v) is 6.50. The molecule has 186 valence electrons. The van der Waals surface area contributed by atoms with E-state index in [1.54, 1.807) is 4.90 Å². The van der Waals surface area contributed by atoms with Crippen LogP contribution in [0.4, 0.5) is 5.69 Å². The number of likely N-dealkylation sites (N-methyl/N-ethyl adjacent to an activating group) is 1. The number of aromatic nitrogens is 1. The summed E-state index contributed by atoms with van der Waals surface area (Å²) in [6.07, 6.45) is 0.478. The van der Waals surface area contributed by atoms with Crippen molar-refractivity contribution in [3.63, 3.8) is 0 Å². The number of anilines is 1. The number of nitrogens with one attached hydrogen (secondary N) is 1. The number of nitrogen functional groups attached to an aromatic ring is 1. The van der Waals surface area contributed by atoms with Crippen LogP contribution in [0.5, 0.6) is 0 Å². The van der Waals surface area contributed by atoms with Gasteiger partial charge in [-0.1, -0.05) is 58.0 Å². The van der Waals surface area contributed by atoms with Gasteiger partial charge < -0.3 is 26.6 Å². The van der Waals surface area contributed by atoms with Gasteiger partial charge in [0, 0.05) is 19.6 Å². The van der Waals surface area contributed by atoms with Crippen LogP contribution < -0.4 is 16.8 Å². The maximum atomic E-state index is 13.7. The molecule has 1 atom stereocenters. The lowest BCUT2D eigenvalue weighted by atomic mass is 10.0. The fraction of sp³-hybridized carbons (Fsp3) is 0.500. The summed E-state index contributed by atoms with van der Waals surface area (Å²) in [6, 6.07) is 8.91. The highest BCUT2D eigenvalue weighted by Crippen LogP contribution is 2.25. The molecule has 1 aromatic heterocycles. The Hall–Kier alpha value is -2.98. The van der Waals surface area contributed by atoms with Crippen LogP contribution in [0.3, 0.4) is 0 Å². The standard InChI is InChI=1S/C24H36N6O3S/c1-5-29(6-2)12-13-30(24(33)21-19(25)20(22(26)31)28-34-21)18(14-16(3)4)23(32)27-15-17-10-8-7-9-11-17/h7-11,16,18H,5-6,12-15,25H2,1-4H3,(H2,26,31)(H,27,32). The second-order valence-electron chi connectivity index (χ2n) is 8.51. The van der Waals surface area contributed by atoms with Gasteiger partial charge in [0.15, 0.2) is 5.69 Å². The number of hydrogen-bond donors (Lipinski definition) is 3. The van der Waals surface area contributed by atoms with Gasteiger partial charge in [-0.2, -0.15) is 4.37 Å². The minimum Gasteiger partial charge on any atom is -0.395 e. The smallest absolute Gasteiger partial charge is 0.270 e. The lowest BCUT2D eigenvalue weighted by molar-refractivity contribution is -0.126. The first-order valence-corrected chi connectivity index (χ1v) is 12.4. The summed E-state index contributed by atoms with van der Waals surface area (Å²) in [4.78, 5) is 42.5. The van der Waals surface area contributed by atoms with Gasteiger partial charge >= 0.3 is 0 Å². The van der Waals surface area contributed by atoms with E-state index in [1.807, 2.05) is 58.0 Å². The second-order valence-corrected chi connectivity index (χ2v) is 9.29. The van der Waals surface area contributed by atoms with Gasteiger partial charge in [0.05, 0.1) is 5.69 Å². The summed E-state index contributed by atoms with van der Waals surface area (Å²) in [5.41, 5.74) is 12.2. The molecule has 0 aliphatic rings. The van der Waals surface area contributed by atoms with Crippen molar-refractivity contribution in [3.05, 3.63) is 46.5 Å². The number of nitrogens with zero attached hydrogens (tertiary/aromatic N) is 3. The van der Waals surface area contributed by atoms with Gasteiger partial charge in [-0.25, -0.2) is 0 Å². The molecule has 0 bridgehead atoms.